The number of nitrogens with zero attached hydrogens (tertiary/aromatic N) is 3. The van der Waals surface area contributed by atoms with Crippen molar-refractivity contribution in [3.05, 3.63) is 119 Å². The molecule has 3 nitrogen and oxygen atoms in total. The third-order valence-corrected chi connectivity index (χ3v) is 10.7. The van der Waals surface area contributed by atoms with Gasteiger partial charge in [0.15, 0.2) is 5.82 Å². The lowest BCUT2D eigenvalue weighted by Crippen LogP contribution is -2.01. The Bertz CT molecular complexity index is 2150. The molecule has 0 radical (unpaired) electrons. The van der Waals surface area contributed by atoms with Crippen LogP contribution in [0.1, 0.15) is 119 Å². The molecule has 0 saturated carbocycles. The highest BCUT2D eigenvalue weighted by Gasteiger charge is 2.16. The zero-order valence-electron chi connectivity index (χ0n) is 31.9. The molecule has 0 N–H and O–H groups in total. The molecule has 0 atom stereocenters. The fourth-order valence-electron chi connectivity index (χ4n) is 7.55. The minimum Gasteiger partial charge on any atom is -0.228 e. The molecular weight excluding hydrogens is 631 g/mol. The van der Waals surface area contributed by atoms with Gasteiger partial charge in [0.05, 0.1) is 23.0 Å². The van der Waals surface area contributed by atoms with Crippen LogP contribution in [0.3, 0.4) is 0 Å². The standard InChI is InChI=1S/C49H55N3/c1-5-7-9-11-13-15-17-39-32-46(42(28-36(39)4)18-16-14-12-10-8-6-2)48-33-47(51-49(52-48)38-23-20-37(34-50)21-24-38)43-26-25-41-29-44-27-35(3)19-22-40(44)30-45(41)31-43/h19-33H,5-18H2,1-4H3. The molecule has 0 saturated heterocycles. The van der Waals surface area contributed by atoms with Gasteiger partial charge >= 0.3 is 0 Å². The SMILES string of the molecule is CCCCCCCCc1cc(-c2cc(-c3ccc4cc5cc(C)ccc5cc4c3)nc(-c3ccc(C#N)cc3)n2)c(CCCCCCCC)cc1C. The van der Waals surface area contributed by atoms with Crippen LogP contribution in [0, 0.1) is 25.2 Å². The van der Waals surface area contributed by atoms with Gasteiger partial charge in [0.2, 0.25) is 0 Å². The monoisotopic (exact) mass is 685 g/mol. The molecule has 1 aromatic heterocycles. The maximum Gasteiger partial charge on any atom is 0.160 e. The van der Waals surface area contributed by atoms with E-state index >= 15 is 0 Å². The van der Waals surface area contributed by atoms with Crippen LogP contribution in [0.15, 0.2) is 91.0 Å². The van der Waals surface area contributed by atoms with Gasteiger partial charge in [-0.2, -0.15) is 5.26 Å². The molecule has 6 aromatic rings. The summed E-state index contributed by atoms with van der Waals surface area (Å²) in [7, 11) is 0. The molecule has 0 aliphatic rings. The molecular formula is C49H55N3. The second kappa shape index (κ2) is 18.1. The average molecular weight is 686 g/mol. The summed E-state index contributed by atoms with van der Waals surface area (Å²) in [6.45, 7) is 9.01. The van der Waals surface area contributed by atoms with E-state index in [0.29, 0.717) is 11.4 Å². The van der Waals surface area contributed by atoms with Crippen molar-refractivity contribution in [2.75, 3.05) is 0 Å². The van der Waals surface area contributed by atoms with Crippen LogP contribution in [-0.2, 0) is 12.8 Å². The third kappa shape index (κ3) is 9.34. The summed E-state index contributed by atoms with van der Waals surface area (Å²) in [6, 6.07) is 35.0. The fraction of sp³-hybridized carbons (Fsp3) is 0.367. The Kier molecular flexibility index (Phi) is 12.9. The first-order valence-electron chi connectivity index (χ1n) is 19.9. The van der Waals surface area contributed by atoms with Gasteiger partial charge in [-0.15, -0.1) is 0 Å². The van der Waals surface area contributed by atoms with Gasteiger partial charge in [-0.05, 0) is 132 Å². The van der Waals surface area contributed by atoms with E-state index in [4.69, 9.17) is 9.97 Å². The molecule has 0 unspecified atom stereocenters. The molecule has 0 aliphatic carbocycles. The molecule has 5 aromatic carbocycles. The quantitative estimate of drug-likeness (QED) is 0.0709. The molecule has 52 heavy (non-hydrogen) atoms. The zero-order valence-corrected chi connectivity index (χ0v) is 31.9. The summed E-state index contributed by atoms with van der Waals surface area (Å²) in [5.41, 5.74) is 11.3. The fourth-order valence-corrected chi connectivity index (χ4v) is 7.55. The second-order valence-electron chi connectivity index (χ2n) is 14.9. The Labute approximate surface area is 312 Å². The van der Waals surface area contributed by atoms with Crippen molar-refractivity contribution in [1.29, 1.82) is 5.26 Å². The molecule has 1 heterocycles. The maximum absolute atomic E-state index is 9.49. The van der Waals surface area contributed by atoms with Crippen molar-refractivity contribution in [3.8, 4) is 40.0 Å². The Morgan fingerprint density at radius 2 is 1.08 bits per heavy atom. The molecule has 6 rings (SSSR count). The Morgan fingerprint density at radius 1 is 0.500 bits per heavy atom. The van der Waals surface area contributed by atoms with Gasteiger partial charge in [0.25, 0.3) is 0 Å². The topological polar surface area (TPSA) is 49.6 Å². The van der Waals surface area contributed by atoms with E-state index in [9.17, 15) is 5.26 Å². The minimum atomic E-state index is 0.635. The number of aryl methyl sites for hydroxylation is 4. The first-order chi connectivity index (χ1) is 25.4. The largest absolute Gasteiger partial charge is 0.228 e. The van der Waals surface area contributed by atoms with Gasteiger partial charge in [0.1, 0.15) is 0 Å². The van der Waals surface area contributed by atoms with Crippen molar-refractivity contribution >= 4 is 21.5 Å². The van der Waals surface area contributed by atoms with E-state index in [1.807, 2.05) is 24.3 Å². The lowest BCUT2D eigenvalue weighted by Gasteiger charge is -2.17. The van der Waals surface area contributed by atoms with Crippen LogP contribution >= 0.6 is 0 Å². The van der Waals surface area contributed by atoms with Crippen molar-refractivity contribution < 1.29 is 0 Å². The summed E-state index contributed by atoms with van der Waals surface area (Å²) in [6.07, 6.45) is 17.6. The predicted octanol–water partition coefficient (Wildman–Crippen LogP) is 14.1. The number of hydrogen-bond acceptors (Lipinski definition) is 3. The van der Waals surface area contributed by atoms with Crippen molar-refractivity contribution in [3.63, 3.8) is 0 Å². The maximum atomic E-state index is 9.49. The number of hydrogen-bond donors (Lipinski definition) is 0. The Balaban J connectivity index is 1.43. The van der Waals surface area contributed by atoms with Crippen LogP contribution in [0.2, 0.25) is 0 Å². The first-order valence-corrected chi connectivity index (χ1v) is 19.9. The number of aromatic nitrogens is 2. The van der Waals surface area contributed by atoms with E-state index < -0.39 is 0 Å². The van der Waals surface area contributed by atoms with Crippen LogP contribution in [0.5, 0.6) is 0 Å². The normalized spacial score (nSPS) is 11.4. The summed E-state index contributed by atoms with van der Waals surface area (Å²) in [5.74, 6) is 0.689. The Hall–Kier alpha value is -4.81. The number of fused-ring (bicyclic) bond motifs is 2. The minimum absolute atomic E-state index is 0.635. The molecule has 0 bridgehead atoms. The van der Waals surface area contributed by atoms with E-state index in [1.165, 1.54) is 126 Å². The van der Waals surface area contributed by atoms with Gasteiger partial charge in [0, 0.05) is 16.7 Å². The van der Waals surface area contributed by atoms with E-state index in [0.717, 1.165) is 35.4 Å². The highest BCUT2D eigenvalue weighted by Crippen LogP contribution is 2.34. The predicted molar refractivity (Wildman–Crippen MR) is 222 cm³/mol. The number of benzene rings is 5. The summed E-state index contributed by atoms with van der Waals surface area (Å²) in [4.78, 5) is 10.5. The highest BCUT2D eigenvalue weighted by atomic mass is 14.9. The van der Waals surface area contributed by atoms with E-state index in [-0.39, 0.29) is 0 Å². The molecule has 266 valence electrons. The first kappa shape index (κ1) is 37.0. The summed E-state index contributed by atoms with van der Waals surface area (Å²) < 4.78 is 0. The molecule has 0 aliphatic heterocycles. The smallest absolute Gasteiger partial charge is 0.160 e. The van der Waals surface area contributed by atoms with Crippen LogP contribution < -0.4 is 0 Å². The number of unbranched alkanes of at least 4 members (excludes halogenated alkanes) is 10. The highest BCUT2D eigenvalue weighted by molar-refractivity contribution is 6.00. The zero-order chi connectivity index (χ0) is 36.3. The van der Waals surface area contributed by atoms with Crippen LogP contribution in [0.25, 0.3) is 55.4 Å². The van der Waals surface area contributed by atoms with Gasteiger partial charge in [-0.25, -0.2) is 9.97 Å². The van der Waals surface area contributed by atoms with Gasteiger partial charge < -0.3 is 0 Å². The van der Waals surface area contributed by atoms with E-state index in [1.54, 1.807) is 0 Å². The molecule has 0 fully saturated rings. The lowest BCUT2D eigenvalue weighted by molar-refractivity contribution is 0.605. The Morgan fingerprint density at radius 3 is 1.75 bits per heavy atom. The van der Waals surface area contributed by atoms with Crippen LogP contribution in [-0.4, -0.2) is 9.97 Å². The lowest BCUT2D eigenvalue weighted by atomic mass is 9.90. The average Bonchev–Trinajstić information content (AvgIpc) is 3.17. The second-order valence-corrected chi connectivity index (χ2v) is 14.9. The van der Waals surface area contributed by atoms with Crippen molar-refractivity contribution in [2.45, 2.75) is 118 Å². The van der Waals surface area contributed by atoms with Gasteiger partial charge in [-0.3, -0.25) is 0 Å². The van der Waals surface area contributed by atoms with Crippen molar-refractivity contribution in [2.24, 2.45) is 0 Å². The van der Waals surface area contributed by atoms with Gasteiger partial charge in [-0.1, -0.05) is 120 Å². The molecule has 3 heteroatoms. The third-order valence-electron chi connectivity index (χ3n) is 10.7. The number of nitriles is 1. The van der Waals surface area contributed by atoms with Crippen LogP contribution in [0.4, 0.5) is 0 Å². The van der Waals surface area contributed by atoms with Crippen molar-refractivity contribution in [1.82, 2.24) is 9.97 Å². The molecule has 0 amide bonds. The summed E-state index contributed by atoms with van der Waals surface area (Å²) in [5, 5.41) is 14.4. The van der Waals surface area contributed by atoms with E-state index in [2.05, 4.69) is 100 Å². The number of rotatable bonds is 17. The molecule has 0 spiro atoms. The summed E-state index contributed by atoms with van der Waals surface area (Å²) >= 11 is 0.